The van der Waals surface area contributed by atoms with Crippen molar-refractivity contribution in [1.82, 2.24) is 9.29 Å². The number of hydrogen-bond donors (Lipinski definition) is 1. The quantitative estimate of drug-likeness (QED) is 0.701. The van der Waals surface area contributed by atoms with Crippen molar-refractivity contribution in [2.75, 3.05) is 7.05 Å². The fourth-order valence-corrected chi connectivity index (χ4v) is 5.40. The summed E-state index contributed by atoms with van der Waals surface area (Å²) in [4.78, 5) is 0.119. The molecule has 2 aromatic carbocycles. The monoisotopic (exact) mass is 404 g/mol. The van der Waals surface area contributed by atoms with E-state index in [1.807, 2.05) is 7.05 Å². The first-order valence-corrected chi connectivity index (χ1v) is 10.4. The molecule has 0 radical (unpaired) electrons. The Labute approximate surface area is 162 Å². The second kappa shape index (κ2) is 6.78. The van der Waals surface area contributed by atoms with Crippen molar-refractivity contribution in [1.29, 1.82) is 0 Å². The average molecular weight is 405 g/mol. The van der Waals surface area contributed by atoms with Gasteiger partial charge in [-0.05, 0) is 79.0 Å². The summed E-state index contributed by atoms with van der Waals surface area (Å²) < 4.78 is 41.4. The minimum Gasteiger partial charge on any atom is -0.313 e. The van der Waals surface area contributed by atoms with Gasteiger partial charge in [0.05, 0.1) is 10.6 Å². The maximum Gasteiger partial charge on any atom is 0.268 e. The van der Waals surface area contributed by atoms with Gasteiger partial charge in [-0.25, -0.2) is 16.8 Å². The molecule has 0 fully saturated rings. The molecule has 1 N–H and O–H groups in total. The molecule has 0 spiro atoms. The van der Waals surface area contributed by atoms with Crippen LogP contribution in [0.3, 0.4) is 0 Å². The maximum atomic E-state index is 13.4. The standard InChI is InChI=1S/C20H18ClFN2O2S/c1-23-19-10-9-17-18(19)12-24(20(17)13-5-7-15(22)8-6-13)27(25,26)16-4-2-3-14(21)11-16/h2-8,11-12,19,23H,9-10H2,1H3. The van der Waals surface area contributed by atoms with E-state index < -0.39 is 10.0 Å². The molecule has 1 aliphatic rings. The van der Waals surface area contributed by atoms with Crippen LogP contribution in [0.25, 0.3) is 11.3 Å². The highest BCUT2D eigenvalue weighted by Crippen LogP contribution is 2.41. The minimum atomic E-state index is -3.85. The molecule has 0 aliphatic heterocycles. The predicted octanol–water partition coefficient (Wildman–Crippen LogP) is 4.39. The van der Waals surface area contributed by atoms with E-state index in [0.29, 0.717) is 16.3 Å². The summed E-state index contributed by atoms with van der Waals surface area (Å²) in [6.45, 7) is 0. The molecular formula is C20H18ClFN2O2S. The van der Waals surface area contributed by atoms with Gasteiger partial charge in [-0.15, -0.1) is 0 Å². The second-order valence-electron chi connectivity index (χ2n) is 6.56. The number of nitrogens with zero attached hydrogens (tertiary/aromatic N) is 1. The van der Waals surface area contributed by atoms with Gasteiger partial charge in [-0.2, -0.15) is 0 Å². The molecule has 140 valence electrons. The van der Waals surface area contributed by atoms with E-state index in [0.717, 1.165) is 24.0 Å². The average Bonchev–Trinajstić information content (AvgIpc) is 3.22. The third-order valence-corrected chi connectivity index (χ3v) is 6.88. The highest BCUT2D eigenvalue weighted by atomic mass is 35.5. The molecule has 0 saturated heterocycles. The van der Waals surface area contributed by atoms with Crippen LogP contribution in [0.1, 0.15) is 23.6 Å². The van der Waals surface area contributed by atoms with Crippen molar-refractivity contribution in [2.24, 2.45) is 0 Å². The summed E-state index contributed by atoms with van der Waals surface area (Å²) in [6, 6.07) is 12.2. The van der Waals surface area contributed by atoms with Gasteiger partial charge in [-0.1, -0.05) is 17.7 Å². The zero-order valence-corrected chi connectivity index (χ0v) is 16.2. The van der Waals surface area contributed by atoms with Crippen molar-refractivity contribution in [3.63, 3.8) is 0 Å². The smallest absolute Gasteiger partial charge is 0.268 e. The summed E-state index contributed by atoms with van der Waals surface area (Å²) in [5.74, 6) is -0.362. The summed E-state index contributed by atoms with van der Waals surface area (Å²) in [5.41, 5.74) is 3.19. The van der Waals surface area contributed by atoms with Crippen LogP contribution in [0, 0.1) is 5.82 Å². The fraction of sp³-hybridized carbons (Fsp3) is 0.200. The van der Waals surface area contributed by atoms with E-state index in [4.69, 9.17) is 11.6 Å². The molecule has 1 atom stereocenters. The summed E-state index contributed by atoms with van der Waals surface area (Å²) in [6.07, 6.45) is 3.33. The zero-order valence-electron chi connectivity index (χ0n) is 14.6. The zero-order chi connectivity index (χ0) is 19.2. The Bertz CT molecular complexity index is 1110. The van der Waals surface area contributed by atoms with Gasteiger partial charge in [0, 0.05) is 17.3 Å². The third kappa shape index (κ3) is 3.08. The molecule has 1 aromatic heterocycles. The molecule has 0 amide bonds. The fourth-order valence-electron chi connectivity index (χ4n) is 3.69. The van der Waals surface area contributed by atoms with E-state index in [2.05, 4.69) is 5.32 Å². The van der Waals surface area contributed by atoms with Crippen LogP contribution < -0.4 is 5.32 Å². The van der Waals surface area contributed by atoms with Gasteiger partial charge in [0.15, 0.2) is 0 Å². The van der Waals surface area contributed by atoms with Crippen molar-refractivity contribution < 1.29 is 12.8 Å². The highest BCUT2D eigenvalue weighted by molar-refractivity contribution is 7.90. The lowest BCUT2D eigenvalue weighted by atomic mass is 10.1. The highest BCUT2D eigenvalue weighted by Gasteiger charge is 2.32. The van der Waals surface area contributed by atoms with Crippen molar-refractivity contribution >= 4 is 21.6 Å². The molecular weight excluding hydrogens is 387 g/mol. The first kappa shape index (κ1) is 18.2. The van der Waals surface area contributed by atoms with Crippen molar-refractivity contribution in [3.05, 3.63) is 76.7 Å². The Morgan fingerprint density at radius 2 is 1.93 bits per heavy atom. The lowest BCUT2D eigenvalue weighted by Gasteiger charge is -2.13. The number of fused-ring (bicyclic) bond motifs is 1. The lowest BCUT2D eigenvalue weighted by Crippen LogP contribution is -2.16. The molecule has 7 heteroatoms. The van der Waals surface area contributed by atoms with E-state index >= 15 is 0 Å². The van der Waals surface area contributed by atoms with Gasteiger partial charge >= 0.3 is 0 Å². The van der Waals surface area contributed by atoms with Crippen LogP contribution in [0.4, 0.5) is 4.39 Å². The van der Waals surface area contributed by atoms with Crippen LogP contribution >= 0.6 is 11.6 Å². The Morgan fingerprint density at radius 1 is 1.19 bits per heavy atom. The van der Waals surface area contributed by atoms with Crippen LogP contribution in [0.5, 0.6) is 0 Å². The molecule has 4 rings (SSSR count). The Balaban J connectivity index is 1.97. The topological polar surface area (TPSA) is 51.1 Å². The van der Waals surface area contributed by atoms with Crippen LogP contribution in [-0.4, -0.2) is 19.4 Å². The van der Waals surface area contributed by atoms with E-state index in [1.165, 1.54) is 28.2 Å². The minimum absolute atomic E-state index is 0.0926. The Morgan fingerprint density at radius 3 is 2.59 bits per heavy atom. The molecule has 27 heavy (non-hydrogen) atoms. The van der Waals surface area contributed by atoms with Gasteiger partial charge in [-0.3, -0.25) is 0 Å². The van der Waals surface area contributed by atoms with Crippen molar-refractivity contribution in [2.45, 2.75) is 23.8 Å². The first-order chi connectivity index (χ1) is 12.9. The summed E-state index contributed by atoms with van der Waals surface area (Å²) in [5, 5.41) is 3.59. The number of halogens is 2. The van der Waals surface area contributed by atoms with Gasteiger partial charge in [0.25, 0.3) is 10.0 Å². The number of rotatable bonds is 4. The number of hydrogen-bond acceptors (Lipinski definition) is 3. The normalized spacial score (nSPS) is 16.5. The summed E-state index contributed by atoms with van der Waals surface area (Å²) >= 11 is 6.01. The first-order valence-electron chi connectivity index (χ1n) is 8.60. The number of nitrogens with one attached hydrogen (secondary N) is 1. The SMILES string of the molecule is CNC1CCc2c1cn(S(=O)(=O)c1cccc(Cl)c1)c2-c1ccc(F)cc1. The maximum absolute atomic E-state index is 13.4. The molecule has 1 aliphatic carbocycles. The lowest BCUT2D eigenvalue weighted by molar-refractivity contribution is 0.579. The van der Waals surface area contributed by atoms with Crippen molar-refractivity contribution in [3.8, 4) is 11.3 Å². The molecule has 0 bridgehead atoms. The third-order valence-electron chi connectivity index (χ3n) is 4.99. The Hall–Kier alpha value is -2.15. The van der Waals surface area contributed by atoms with Crippen LogP contribution in [-0.2, 0) is 16.4 Å². The number of aromatic nitrogens is 1. The predicted molar refractivity (Wildman–Crippen MR) is 104 cm³/mol. The molecule has 1 heterocycles. The van der Waals surface area contributed by atoms with E-state index in [9.17, 15) is 12.8 Å². The largest absolute Gasteiger partial charge is 0.313 e. The Kier molecular flexibility index (Phi) is 4.58. The van der Waals surface area contributed by atoms with Gasteiger partial charge in [0.2, 0.25) is 0 Å². The molecule has 4 nitrogen and oxygen atoms in total. The van der Waals surface area contributed by atoms with E-state index in [-0.39, 0.29) is 16.8 Å². The van der Waals surface area contributed by atoms with Crippen LogP contribution in [0.2, 0.25) is 5.02 Å². The molecule has 1 unspecified atom stereocenters. The molecule has 3 aromatic rings. The number of benzene rings is 2. The van der Waals surface area contributed by atoms with Gasteiger partial charge in [0.1, 0.15) is 5.82 Å². The summed E-state index contributed by atoms with van der Waals surface area (Å²) in [7, 11) is -1.99. The molecule has 0 saturated carbocycles. The second-order valence-corrected chi connectivity index (χ2v) is 8.81. The van der Waals surface area contributed by atoms with Gasteiger partial charge < -0.3 is 5.32 Å². The van der Waals surface area contributed by atoms with E-state index in [1.54, 1.807) is 30.5 Å². The van der Waals surface area contributed by atoms with Crippen LogP contribution in [0.15, 0.2) is 59.6 Å².